The number of rotatable bonds is 11. The summed E-state index contributed by atoms with van der Waals surface area (Å²) in [4.78, 5) is 0. The highest BCUT2D eigenvalue weighted by atomic mass is 35.5. The van der Waals surface area contributed by atoms with Crippen molar-refractivity contribution in [3.63, 3.8) is 0 Å². The van der Waals surface area contributed by atoms with Crippen molar-refractivity contribution in [1.82, 2.24) is 5.32 Å². The first-order chi connectivity index (χ1) is 15.1. The van der Waals surface area contributed by atoms with E-state index in [1.807, 2.05) is 31.2 Å². The number of benzene rings is 3. The number of hydrogen-bond acceptors (Lipinski definition) is 4. The summed E-state index contributed by atoms with van der Waals surface area (Å²) in [6.07, 6.45) is 0.903. The standard InChI is InChI=1S/C25H27ClFNO3.ClH/c1-3-30-24-15-19(16-28-13-12-18-8-10-21(29-2)11-9-18)14-22(26)25(24)31-17-20-6-4-5-7-23(20)27;/h4-11,14-15,28H,3,12-13,16-17H2,1-2H3;1H. The molecule has 0 saturated carbocycles. The lowest BCUT2D eigenvalue weighted by Crippen LogP contribution is -2.17. The van der Waals surface area contributed by atoms with Crippen molar-refractivity contribution < 1.29 is 18.6 Å². The highest BCUT2D eigenvalue weighted by Gasteiger charge is 2.14. The Bertz CT molecular complexity index is 983. The summed E-state index contributed by atoms with van der Waals surface area (Å²) in [7, 11) is 1.66. The second-order valence-corrected chi connectivity index (χ2v) is 7.40. The Morgan fingerprint density at radius 2 is 1.72 bits per heavy atom. The van der Waals surface area contributed by atoms with E-state index in [1.165, 1.54) is 11.6 Å². The van der Waals surface area contributed by atoms with Gasteiger partial charge in [0.1, 0.15) is 18.2 Å². The minimum Gasteiger partial charge on any atom is -0.497 e. The number of methoxy groups -OCH3 is 1. The van der Waals surface area contributed by atoms with E-state index in [4.69, 9.17) is 25.8 Å². The van der Waals surface area contributed by atoms with Crippen LogP contribution in [0.15, 0.2) is 60.7 Å². The molecular weight excluding hydrogens is 452 g/mol. The van der Waals surface area contributed by atoms with Crippen molar-refractivity contribution in [3.05, 3.63) is 88.2 Å². The van der Waals surface area contributed by atoms with Crippen molar-refractivity contribution in [2.24, 2.45) is 0 Å². The van der Waals surface area contributed by atoms with Crippen LogP contribution >= 0.6 is 24.0 Å². The van der Waals surface area contributed by atoms with Gasteiger partial charge in [-0.2, -0.15) is 0 Å². The van der Waals surface area contributed by atoms with Crippen LogP contribution in [0.5, 0.6) is 17.2 Å². The molecule has 0 radical (unpaired) electrons. The van der Waals surface area contributed by atoms with Crippen LogP contribution < -0.4 is 19.5 Å². The molecule has 0 aliphatic rings. The Hall–Kier alpha value is -2.47. The first-order valence-electron chi connectivity index (χ1n) is 10.3. The molecule has 3 aromatic rings. The molecular formula is C25H28Cl2FNO3. The number of nitrogens with one attached hydrogen (secondary N) is 1. The van der Waals surface area contributed by atoms with Gasteiger partial charge in [-0.1, -0.05) is 41.9 Å². The zero-order valence-electron chi connectivity index (χ0n) is 18.2. The van der Waals surface area contributed by atoms with E-state index in [0.717, 1.165) is 24.3 Å². The fourth-order valence-corrected chi connectivity index (χ4v) is 3.44. The molecule has 0 unspecified atom stereocenters. The van der Waals surface area contributed by atoms with E-state index in [2.05, 4.69) is 17.4 Å². The van der Waals surface area contributed by atoms with Crippen molar-refractivity contribution in [2.75, 3.05) is 20.3 Å². The van der Waals surface area contributed by atoms with E-state index in [1.54, 1.807) is 25.3 Å². The van der Waals surface area contributed by atoms with Gasteiger partial charge in [0, 0.05) is 12.1 Å². The molecule has 0 aliphatic heterocycles. The van der Waals surface area contributed by atoms with Crippen molar-refractivity contribution in [2.45, 2.75) is 26.5 Å². The molecule has 0 atom stereocenters. The molecule has 7 heteroatoms. The quantitative estimate of drug-likeness (QED) is 0.331. The van der Waals surface area contributed by atoms with Crippen LogP contribution in [0.3, 0.4) is 0 Å². The molecule has 3 aromatic carbocycles. The molecule has 0 heterocycles. The zero-order valence-corrected chi connectivity index (χ0v) is 19.8. The second kappa shape index (κ2) is 13.2. The van der Waals surface area contributed by atoms with Crippen molar-refractivity contribution in [3.8, 4) is 17.2 Å². The predicted molar refractivity (Wildman–Crippen MR) is 129 cm³/mol. The Balaban J connectivity index is 0.00000363. The molecule has 32 heavy (non-hydrogen) atoms. The van der Waals surface area contributed by atoms with Gasteiger partial charge in [-0.3, -0.25) is 0 Å². The predicted octanol–water partition coefficient (Wildman–Crippen LogP) is 6.22. The largest absolute Gasteiger partial charge is 0.497 e. The fraction of sp³-hybridized carbons (Fsp3) is 0.280. The van der Waals surface area contributed by atoms with Crippen LogP contribution in [-0.4, -0.2) is 20.3 Å². The average molecular weight is 480 g/mol. The van der Waals surface area contributed by atoms with Gasteiger partial charge in [-0.15, -0.1) is 12.4 Å². The Kier molecular flexibility index (Phi) is 10.6. The maximum atomic E-state index is 13.9. The first-order valence-corrected chi connectivity index (χ1v) is 10.6. The third kappa shape index (κ3) is 7.30. The summed E-state index contributed by atoms with van der Waals surface area (Å²) in [6.45, 7) is 3.91. The van der Waals surface area contributed by atoms with Gasteiger partial charge in [-0.05, 0) is 61.3 Å². The van der Waals surface area contributed by atoms with Gasteiger partial charge in [0.2, 0.25) is 0 Å². The highest BCUT2D eigenvalue weighted by molar-refractivity contribution is 6.32. The third-order valence-corrected chi connectivity index (χ3v) is 5.06. The zero-order chi connectivity index (χ0) is 22.1. The summed E-state index contributed by atoms with van der Waals surface area (Å²) >= 11 is 6.48. The van der Waals surface area contributed by atoms with Gasteiger partial charge < -0.3 is 19.5 Å². The molecule has 3 rings (SSSR count). The van der Waals surface area contributed by atoms with Gasteiger partial charge in [0.05, 0.1) is 18.7 Å². The molecule has 0 saturated heterocycles. The smallest absolute Gasteiger partial charge is 0.180 e. The van der Waals surface area contributed by atoms with Crippen LogP contribution in [0.25, 0.3) is 0 Å². The molecule has 0 bridgehead atoms. The molecule has 1 N–H and O–H groups in total. The Labute approximate surface area is 200 Å². The van der Waals surface area contributed by atoms with Gasteiger partial charge in [0.15, 0.2) is 11.5 Å². The van der Waals surface area contributed by atoms with Crippen LogP contribution in [0.2, 0.25) is 5.02 Å². The summed E-state index contributed by atoms with van der Waals surface area (Å²) in [5.41, 5.74) is 2.69. The molecule has 172 valence electrons. The minimum absolute atomic E-state index is 0. The molecule has 0 aromatic heterocycles. The number of hydrogen-bond donors (Lipinski definition) is 1. The molecule has 4 nitrogen and oxygen atoms in total. The van der Waals surface area contributed by atoms with E-state index < -0.39 is 0 Å². The summed E-state index contributed by atoms with van der Waals surface area (Å²) in [6, 6.07) is 18.3. The van der Waals surface area contributed by atoms with Crippen LogP contribution in [0.1, 0.15) is 23.6 Å². The SMILES string of the molecule is CCOc1cc(CNCCc2ccc(OC)cc2)cc(Cl)c1OCc1ccccc1F.Cl. The monoisotopic (exact) mass is 479 g/mol. The molecule has 0 aliphatic carbocycles. The van der Waals surface area contributed by atoms with E-state index >= 15 is 0 Å². The summed E-state index contributed by atoms with van der Waals surface area (Å²) in [5.74, 6) is 1.52. The normalized spacial score (nSPS) is 10.4. The van der Waals surface area contributed by atoms with Gasteiger partial charge in [0.25, 0.3) is 0 Å². The molecule has 0 fully saturated rings. The fourth-order valence-electron chi connectivity index (χ4n) is 3.15. The van der Waals surface area contributed by atoms with Crippen LogP contribution in [-0.2, 0) is 19.6 Å². The van der Waals surface area contributed by atoms with Gasteiger partial charge >= 0.3 is 0 Å². The maximum Gasteiger partial charge on any atom is 0.180 e. The van der Waals surface area contributed by atoms with Crippen LogP contribution in [0, 0.1) is 5.82 Å². The lowest BCUT2D eigenvalue weighted by molar-refractivity contribution is 0.266. The second-order valence-electron chi connectivity index (χ2n) is 6.99. The minimum atomic E-state index is -0.311. The first kappa shape index (κ1) is 25.8. The summed E-state index contributed by atoms with van der Waals surface area (Å²) < 4.78 is 30.6. The topological polar surface area (TPSA) is 39.7 Å². The maximum absolute atomic E-state index is 13.9. The Morgan fingerprint density at radius 1 is 0.969 bits per heavy atom. The van der Waals surface area contributed by atoms with Gasteiger partial charge in [-0.25, -0.2) is 4.39 Å². The highest BCUT2D eigenvalue weighted by Crippen LogP contribution is 2.37. The summed E-state index contributed by atoms with van der Waals surface area (Å²) in [5, 5.41) is 3.86. The molecule has 0 amide bonds. The lowest BCUT2D eigenvalue weighted by Gasteiger charge is -2.16. The number of halogens is 3. The third-order valence-electron chi connectivity index (χ3n) is 4.78. The average Bonchev–Trinajstić information content (AvgIpc) is 2.78. The lowest BCUT2D eigenvalue weighted by atomic mass is 10.1. The van der Waals surface area contributed by atoms with E-state index in [9.17, 15) is 4.39 Å². The Morgan fingerprint density at radius 3 is 2.41 bits per heavy atom. The van der Waals surface area contributed by atoms with Crippen LogP contribution in [0.4, 0.5) is 4.39 Å². The number of ether oxygens (including phenoxy) is 3. The molecule has 0 spiro atoms. The van der Waals surface area contributed by atoms with E-state index in [0.29, 0.717) is 35.2 Å². The van der Waals surface area contributed by atoms with E-state index in [-0.39, 0.29) is 24.8 Å². The van der Waals surface area contributed by atoms with Crippen molar-refractivity contribution >= 4 is 24.0 Å². The van der Waals surface area contributed by atoms with Crippen molar-refractivity contribution in [1.29, 1.82) is 0 Å².